The molecule has 1 spiro atoms. The molecule has 4 aliphatic rings. The summed E-state index contributed by atoms with van der Waals surface area (Å²) < 4.78 is 21.7. The summed E-state index contributed by atoms with van der Waals surface area (Å²) in [6.45, 7) is 0.0115. The summed E-state index contributed by atoms with van der Waals surface area (Å²) >= 11 is 0. The number of aliphatic hydroxyl groups is 1. The minimum atomic E-state index is -2.01. The van der Waals surface area contributed by atoms with Gasteiger partial charge in [0.25, 0.3) is 0 Å². The van der Waals surface area contributed by atoms with Gasteiger partial charge in [0.2, 0.25) is 25.4 Å². The standard InChI is InChI=1S/C25H22N2O9/c1-26-22(30)25(23(31)27(2)24(26)32)14(12-3-5-16-18(7-12)35-10-33-16)9-15(28)21(29)20(25)13-4-6-17-19(8-13)36-11-34-17/h3-8,14,20-21,29H,9-11H2,1-2H3/t14-,20-,21+/m1/s1. The maximum absolute atomic E-state index is 14.1. The third kappa shape index (κ3) is 2.83. The van der Waals surface area contributed by atoms with Gasteiger partial charge in [-0.15, -0.1) is 0 Å². The third-order valence-electron chi connectivity index (χ3n) is 7.54. The van der Waals surface area contributed by atoms with Crippen LogP contribution in [-0.2, 0) is 14.4 Å². The fourth-order valence-electron chi connectivity index (χ4n) is 5.81. The minimum absolute atomic E-state index is 0.00621. The van der Waals surface area contributed by atoms with Gasteiger partial charge in [0.05, 0.1) is 0 Å². The van der Waals surface area contributed by atoms with Gasteiger partial charge in [0.1, 0.15) is 11.5 Å². The number of Topliss-reactive ketones (excluding diaryl/α,β-unsaturated/α-hetero) is 1. The van der Waals surface area contributed by atoms with Crippen LogP contribution in [0.2, 0.25) is 0 Å². The molecule has 3 aliphatic heterocycles. The van der Waals surface area contributed by atoms with Crippen LogP contribution in [0.25, 0.3) is 0 Å². The molecular weight excluding hydrogens is 472 g/mol. The van der Waals surface area contributed by atoms with Crippen LogP contribution in [0.1, 0.15) is 29.4 Å². The van der Waals surface area contributed by atoms with Crippen LogP contribution in [0.3, 0.4) is 0 Å². The van der Waals surface area contributed by atoms with E-state index in [1.54, 1.807) is 36.4 Å². The van der Waals surface area contributed by atoms with Gasteiger partial charge in [0.15, 0.2) is 28.8 Å². The number of carbonyl (C=O) groups is 4. The van der Waals surface area contributed by atoms with Gasteiger partial charge in [-0.3, -0.25) is 24.2 Å². The van der Waals surface area contributed by atoms with E-state index in [-0.39, 0.29) is 20.0 Å². The number of benzene rings is 2. The van der Waals surface area contributed by atoms with Crippen LogP contribution in [0, 0.1) is 5.41 Å². The number of hydrogen-bond acceptors (Lipinski definition) is 9. The highest BCUT2D eigenvalue weighted by molar-refractivity contribution is 6.21. The van der Waals surface area contributed by atoms with E-state index in [0.717, 1.165) is 9.80 Å². The highest BCUT2D eigenvalue weighted by Crippen LogP contribution is 2.58. The Kier molecular flexibility index (Phi) is 4.77. The van der Waals surface area contributed by atoms with E-state index in [1.165, 1.54) is 14.1 Å². The molecule has 2 fully saturated rings. The predicted octanol–water partition coefficient (Wildman–Crippen LogP) is 1.38. The van der Waals surface area contributed by atoms with E-state index >= 15 is 0 Å². The zero-order valence-electron chi connectivity index (χ0n) is 19.4. The maximum atomic E-state index is 14.1. The van der Waals surface area contributed by atoms with Crippen molar-refractivity contribution >= 4 is 23.6 Å². The first kappa shape index (κ1) is 22.4. The molecule has 1 aliphatic carbocycles. The second-order valence-corrected chi connectivity index (χ2v) is 9.25. The van der Waals surface area contributed by atoms with Crippen molar-refractivity contribution < 1.29 is 43.2 Å². The van der Waals surface area contributed by atoms with Gasteiger partial charge in [-0.05, 0) is 35.4 Å². The van der Waals surface area contributed by atoms with Crippen LogP contribution >= 0.6 is 0 Å². The largest absolute Gasteiger partial charge is 0.454 e. The van der Waals surface area contributed by atoms with Gasteiger partial charge >= 0.3 is 6.03 Å². The zero-order chi connectivity index (χ0) is 25.4. The number of ketones is 1. The van der Waals surface area contributed by atoms with Gasteiger partial charge in [-0.1, -0.05) is 12.1 Å². The number of urea groups is 1. The Morgan fingerprint density at radius 3 is 1.86 bits per heavy atom. The smallest absolute Gasteiger partial charge is 0.332 e. The van der Waals surface area contributed by atoms with Crippen LogP contribution in [0.5, 0.6) is 23.0 Å². The average molecular weight is 494 g/mol. The fraction of sp³-hybridized carbons (Fsp3) is 0.360. The number of amides is 4. The number of nitrogens with zero attached hydrogens (tertiary/aromatic N) is 2. The molecule has 36 heavy (non-hydrogen) atoms. The number of imide groups is 2. The van der Waals surface area contributed by atoms with Crippen LogP contribution in [-0.4, -0.2) is 72.3 Å². The topological polar surface area (TPSA) is 132 Å². The van der Waals surface area contributed by atoms with Crippen molar-refractivity contribution in [3.63, 3.8) is 0 Å². The number of aliphatic hydroxyl groups excluding tert-OH is 1. The molecule has 0 unspecified atom stereocenters. The molecule has 1 N–H and O–H groups in total. The van der Waals surface area contributed by atoms with E-state index in [4.69, 9.17) is 18.9 Å². The van der Waals surface area contributed by atoms with Crippen molar-refractivity contribution in [1.29, 1.82) is 0 Å². The second-order valence-electron chi connectivity index (χ2n) is 9.25. The lowest BCUT2D eigenvalue weighted by molar-refractivity contribution is -0.169. The molecule has 186 valence electrons. The Morgan fingerprint density at radius 2 is 1.28 bits per heavy atom. The monoisotopic (exact) mass is 494 g/mol. The van der Waals surface area contributed by atoms with E-state index in [9.17, 15) is 24.3 Å². The van der Waals surface area contributed by atoms with Crippen molar-refractivity contribution in [3.05, 3.63) is 47.5 Å². The molecule has 2 aromatic rings. The molecule has 3 heterocycles. The van der Waals surface area contributed by atoms with E-state index in [0.29, 0.717) is 34.1 Å². The maximum Gasteiger partial charge on any atom is 0.332 e. The highest BCUT2D eigenvalue weighted by atomic mass is 16.7. The van der Waals surface area contributed by atoms with Gasteiger partial charge in [0, 0.05) is 32.4 Å². The van der Waals surface area contributed by atoms with Crippen molar-refractivity contribution in [2.75, 3.05) is 27.7 Å². The fourth-order valence-corrected chi connectivity index (χ4v) is 5.81. The number of hydrogen-bond donors (Lipinski definition) is 1. The molecule has 11 heteroatoms. The summed E-state index contributed by atoms with van der Waals surface area (Å²) in [5, 5.41) is 11.3. The lowest BCUT2D eigenvalue weighted by Crippen LogP contribution is -2.70. The number of ether oxygens (including phenoxy) is 4. The first-order valence-electron chi connectivity index (χ1n) is 11.3. The number of carbonyl (C=O) groups excluding carboxylic acids is 4. The summed E-state index contributed by atoms with van der Waals surface area (Å²) in [5.41, 5.74) is -1.20. The molecule has 0 bridgehead atoms. The Hall–Kier alpha value is -4.12. The van der Waals surface area contributed by atoms with Gasteiger partial charge < -0.3 is 24.1 Å². The summed E-state index contributed by atoms with van der Waals surface area (Å²) in [4.78, 5) is 55.8. The molecule has 4 amide bonds. The lowest BCUT2D eigenvalue weighted by Gasteiger charge is -2.53. The second kappa shape index (κ2) is 7.69. The Balaban J connectivity index is 1.61. The van der Waals surface area contributed by atoms with E-state index in [2.05, 4.69) is 0 Å². The first-order valence-corrected chi connectivity index (χ1v) is 11.3. The molecule has 1 saturated carbocycles. The molecule has 6 rings (SSSR count). The average Bonchev–Trinajstić information content (AvgIpc) is 3.55. The molecule has 11 nitrogen and oxygen atoms in total. The molecule has 2 aromatic carbocycles. The lowest BCUT2D eigenvalue weighted by atomic mass is 9.53. The zero-order valence-corrected chi connectivity index (χ0v) is 19.4. The quantitative estimate of drug-likeness (QED) is 0.615. The summed E-state index contributed by atoms with van der Waals surface area (Å²) in [6.07, 6.45) is -1.98. The van der Waals surface area contributed by atoms with Gasteiger partial charge in [-0.2, -0.15) is 0 Å². The van der Waals surface area contributed by atoms with Crippen LogP contribution in [0.15, 0.2) is 36.4 Å². The number of fused-ring (bicyclic) bond motifs is 2. The Morgan fingerprint density at radius 1 is 0.778 bits per heavy atom. The molecule has 0 radical (unpaired) electrons. The van der Waals surface area contributed by atoms with Crippen molar-refractivity contribution in [1.82, 2.24) is 9.80 Å². The van der Waals surface area contributed by atoms with Gasteiger partial charge in [-0.25, -0.2) is 4.79 Å². The summed E-state index contributed by atoms with van der Waals surface area (Å²) in [5.74, 6) is -2.71. The molecular formula is C25H22N2O9. The molecule has 1 saturated heterocycles. The van der Waals surface area contributed by atoms with Crippen molar-refractivity contribution in [2.24, 2.45) is 5.41 Å². The van der Waals surface area contributed by atoms with E-state index in [1.807, 2.05) is 0 Å². The number of rotatable bonds is 2. The normalized spacial score (nSPS) is 26.2. The minimum Gasteiger partial charge on any atom is -0.454 e. The van der Waals surface area contributed by atoms with E-state index < -0.39 is 47.0 Å². The molecule has 3 atom stereocenters. The Labute approximate surface area is 205 Å². The van der Waals surface area contributed by atoms with Crippen molar-refractivity contribution in [2.45, 2.75) is 24.4 Å². The first-order chi connectivity index (χ1) is 17.2. The third-order valence-corrected chi connectivity index (χ3v) is 7.54. The van der Waals surface area contributed by atoms with Crippen LogP contribution in [0.4, 0.5) is 4.79 Å². The predicted molar refractivity (Wildman–Crippen MR) is 120 cm³/mol. The Bertz CT molecular complexity index is 1310. The SMILES string of the molecule is CN1C(=O)N(C)C(=O)C2(C1=O)[C@@H](c1ccc3c(c1)OCO3)CC(=O)[C@H](O)[C@H]2c1ccc2c(c1)OCO2. The van der Waals surface area contributed by atoms with Crippen molar-refractivity contribution in [3.8, 4) is 23.0 Å². The molecule has 0 aromatic heterocycles. The van der Waals surface area contributed by atoms with Crippen LogP contribution < -0.4 is 18.9 Å². The summed E-state index contributed by atoms with van der Waals surface area (Å²) in [6, 6.07) is 8.90. The number of barbiturate groups is 1. The summed E-state index contributed by atoms with van der Waals surface area (Å²) in [7, 11) is 2.57. The highest BCUT2D eigenvalue weighted by Gasteiger charge is 2.68.